The van der Waals surface area contributed by atoms with Gasteiger partial charge in [-0.25, -0.2) is 4.99 Å². The Morgan fingerprint density at radius 1 is 1.21 bits per heavy atom. The van der Waals surface area contributed by atoms with Gasteiger partial charge in [-0.2, -0.15) is 0 Å². The van der Waals surface area contributed by atoms with Crippen LogP contribution in [0.1, 0.15) is 62.3 Å². The van der Waals surface area contributed by atoms with Gasteiger partial charge in [-0.05, 0) is 31.7 Å². The van der Waals surface area contributed by atoms with E-state index in [9.17, 15) is 0 Å². The van der Waals surface area contributed by atoms with Crippen LogP contribution in [0.25, 0.3) is 0 Å². The zero-order chi connectivity index (χ0) is 20.2. The highest BCUT2D eigenvalue weighted by molar-refractivity contribution is 5.80. The van der Waals surface area contributed by atoms with Crippen LogP contribution in [0.2, 0.25) is 0 Å². The molecule has 1 aliphatic carbocycles. The van der Waals surface area contributed by atoms with Gasteiger partial charge >= 0.3 is 0 Å². The summed E-state index contributed by atoms with van der Waals surface area (Å²) in [6, 6.07) is 8.91. The largest absolute Gasteiger partial charge is 0.493 e. The Morgan fingerprint density at radius 3 is 2.86 bits per heavy atom. The van der Waals surface area contributed by atoms with Crippen molar-refractivity contribution in [2.75, 3.05) is 6.61 Å². The predicted octanol–water partition coefficient (Wildman–Crippen LogP) is 3.26. The minimum absolute atomic E-state index is 0.188. The monoisotopic (exact) mass is 396 g/mol. The predicted molar refractivity (Wildman–Crippen MR) is 114 cm³/mol. The maximum Gasteiger partial charge on any atom is 0.192 e. The van der Waals surface area contributed by atoms with Crippen molar-refractivity contribution < 1.29 is 4.74 Å². The molecule has 7 heteroatoms. The molecule has 0 saturated heterocycles. The molecule has 1 aromatic heterocycles. The number of fused-ring (bicyclic) bond motifs is 1. The van der Waals surface area contributed by atoms with E-state index in [0.29, 0.717) is 19.2 Å². The second-order valence-corrected chi connectivity index (χ2v) is 8.37. The van der Waals surface area contributed by atoms with Crippen molar-refractivity contribution in [1.82, 2.24) is 25.4 Å². The first-order valence-electron chi connectivity index (χ1n) is 10.7. The number of aliphatic imine (C=N–C) groups is 1. The Labute approximate surface area is 173 Å². The maximum atomic E-state index is 5.83. The van der Waals surface area contributed by atoms with E-state index in [4.69, 9.17) is 9.73 Å². The van der Waals surface area contributed by atoms with Crippen LogP contribution in [0.5, 0.6) is 5.75 Å². The highest BCUT2D eigenvalue weighted by atomic mass is 16.5. The summed E-state index contributed by atoms with van der Waals surface area (Å²) in [5.74, 6) is 4.34. The van der Waals surface area contributed by atoms with Crippen LogP contribution in [-0.2, 0) is 13.6 Å². The molecule has 0 radical (unpaired) electrons. The Balaban J connectivity index is 1.53. The third kappa shape index (κ3) is 4.71. The summed E-state index contributed by atoms with van der Waals surface area (Å²) < 4.78 is 7.82. The van der Waals surface area contributed by atoms with Crippen LogP contribution in [0, 0.1) is 12.8 Å². The van der Waals surface area contributed by atoms with Crippen LogP contribution < -0.4 is 15.4 Å². The van der Waals surface area contributed by atoms with E-state index in [2.05, 4.69) is 39.9 Å². The number of nitrogens with zero attached hydrogens (tertiary/aromatic N) is 4. The lowest BCUT2D eigenvalue weighted by atomic mass is 9.87. The normalized spacial score (nSPS) is 24.5. The summed E-state index contributed by atoms with van der Waals surface area (Å²) in [6.45, 7) is 5.51. The van der Waals surface area contributed by atoms with Gasteiger partial charge in [0.05, 0.1) is 12.6 Å². The number of aromatic nitrogens is 3. The molecule has 1 fully saturated rings. The minimum Gasteiger partial charge on any atom is -0.493 e. The molecule has 29 heavy (non-hydrogen) atoms. The van der Waals surface area contributed by atoms with E-state index in [1.54, 1.807) is 0 Å². The summed E-state index contributed by atoms with van der Waals surface area (Å²) in [5, 5.41) is 15.8. The quantitative estimate of drug-likeness (QED) is 0.613. The van der Waals surface area contributed by atoms with Gasteiger partial charge in [0.2, 0.25) is 0 Å². The number of aryl methyl sites for hydroxylation is 1. The van der Waals surface area contributed by atoms with Crippen molar-refractivity contribution in [2.24, 2.45) is 18.0 Å². The Kier molecular flexibility index (Phi) is 6.02. The minimum atomic E-state index is 0.188. The second kappa shape index (κ2) is 8.84. The Bertz CT molecular complexity index is 861. The summed E-state index contributed by atoms with van der Waals surface area (Å²) in [7, 11) is 1.98. The molecule has 1 aromatic carbocycles. The van der Waals surface area contributed by atoms with Crippen LogP contribution in [0.3, 0.4) is 0 Å². The van der Waals surface area contributed by atoms with Gasteiger partial charge in [-0.15, -0.1) is 10.2 Å². The molecule has 156 valence electrons. The third-order valence-electron chi connectivity index (χ3n) is 6.11. The van der Waals surface area contributed by atoms with Gasteiger partial charge in [0, 0.05) is 25.1 Å². The number of rotatable bonds is 4. The first kappa shape index (κ1) is 19.7. The molecule has 7 nitrogen and oxygen atoms in total. The maximum absolute atomic E-state index is 5.83. The van der Waals surface area contributed by atoms with Crippen LogP contribution in [-0.4, -0.2) is 33.4 Å². The second-order valence-electron chi connectivity index (χ2n) is 8.37. The Hall–Kier alpha value is -2.57. The first-order chi connectivity index (χ1) is 14.1. The SMILES string of the molecule is Cc1nnc(CN=C(NC2CCCC(C)C2)NC2CCOc3ccccc32)n1C. The van der Waals surface area contributed by atoms with Crippen molar-refractivity contribution in [3.63, 3.8) is 0 Å². The number of para-hydroxylation sites is 1. The number of ether oxygens (including phenoxy) is 1. The molecule has 2 heterocycles. The molecule has 2 aliphatic rings. The Morgan fingerprint density at radius 2 is 2.07 bits per heavy atom. The summed E-state index contributed by atoms with van der Waals surface area (Å²) in [6.07, 6.45) is 5.90. The molecule has 0 spiro atoms. The highest BCUT2D eigenvalue weighted by Gasteiger charge is 2.24. The van der Waals surface area contributed by atoms with Gasteiger partial charge in [-0.1, -0.05) is 38.0 Å². The molecular formula is C22H32N6O. The lowest BCUT2D eigenvalue weighted by Crippen LogP contribution is -2.47. The van der Waals surface area contributed by atoms with E-state index >= 15 is 0 Å². The van der Waals surface area contributed by atoms with Crippen LogP contribution >= 0.6 is 0 Å². The van der Waals surface area contributed by atoms with Gasteiger partial charge in [0.25, 0.3) is 0 Å². The number of benzene rings is 1. The molecule has 3 unspecified atom stereocenters. The van der Waals surface area contributed by atoms with Crippen LogP contribution in [0.4, 0.5) is 0 Å². The number of hydrogen-bond acceptors (Lipinski definition) is 4. The van der Waals surface area contributed by atoms with Gasteiger partial charge in [-0.3, -0.25) is 0 Å². The molecule has 2 aromatic rings. The van der Waals surface area contributed by atoms with E-state index in [1.807, 2.05) is 30.7 Å². The smallest absolute Gasteiger partial charge is 0.192 e. The van der Waals surface area contributed by atoms with Gasteiger partial charge in [0.15, 0.2) is 11.8 Å². The van der Waals surface area contributed by atoms with Crippen molar-refractivity contribution in [2.45, 2.75) is 64.6 Å². The summed E-state index contributed by atoms with van der Waals surface area (Å²) >= 11 is 0. The first-order valence-corrected chi connectivity index (χ1v) is 10.7. The van der Waals surface area contributed by atoms with Gasteiger partial charge in [0.1, 0.15) is 18.1 Å². The molecular weight excluding hydrogens is 364 g/mol. The third-order valence-corrected chi connectivity index (χ3v) is 6.11. The molecule has 3 atom stereocenters. The number of guanidine groups is 1. The molecule has 1 aliphatic heterocycles. The zero-order valence-corrected chi connectivity index (χ0v) is 17.7. The van der Waals surface area contributed by atoms with Crippen molar-refractivity contribution in [1.29, 1.82) is 0 Å². The number of nitrogens with one attached hydrogen (secondary N) is 2. The molecule has 4 rings (SSSR count). The fourth-order valence-electron chi connectivity index (χ4n) is 4.29. The fourth-order valence-corrected chi connectivity index (χ4v) is 4.29. The van der Waals surface area contributed by atoms with Crippen molar-refractivity contribution >= 4 is 5.96 Å². The molecule has 1 saturated carbocycles. The van der Waals surface area contributed by atoms with Crippen LogP contribution in [0.15, 0.2) is 29.3 Å². The lowest BCUT2D eigenvalue weighted by molar-refractivity contribution is 0.260. The molecule has 0 bridgehead atoms. The van der Waals surface area contributed by atoms with Gasteiger partial charge < -0.3 is 19.9 Å². The standard InChI is InChI=1S/C22H32N6O/c1-15-7-6-8-17(13-15)24-22(23-14-21-27-26-16(2)28(21)3)25-19-11-12-29-20-10-5-4-9-18(19)20/h4-5,9-10,15,17,19H,6-8,11-14H2,1-3H3,(H2,23,24,25). The average Bonchev–Trinajstić information content (AvgIpc) is 3.04. The average molecular weight is 397 g/mol. The number of hydrogen-bond donors (Lipinski definition) is 2. The fraction of sp³-hybridized carbons (Fsp3) is 0.591. The van der Waals surface area contributed by atoms with Crippen molar-refractivity contribution in [3.05, 3.63) is 41.5 Å². The lowest BCUT2D eigenvalue weighted by Gasteiger charge is -2.32. The van der Waals surface area contributed by atoms with E-state index in [0.717, 1.165) is 35.7 Å². The summed E-state index contributed by atoms with van der Waals surface area (Å²) in [4.78, 5) is 4.88. The van der Waals surface area contributed by atoms with E-state index in [-0.39, 0.29) is 6.04 Å². The topological polar surface area (TPSA) is 76.4 Å². The molecule has 0 amide bonds. The molecule has 2 N–H and O–H groups in total. The van der Waals surface area contributed by atoms with Crippen molar-refractivity contribution in [3.8, 4) is 5.75 Å². The van der Waals surface area contributed by atoms with E-state index in [1.165, 1.54) is 31.2 Å². The highest BCUT2D eigenvalue weighted by Crippen LogP contribution is 2.31. The van der Waals surface area contributed by atoms with E-state index < -0.39 is 0 Å². The zero-order valence-electron chi connectivity index (χ0n) is 17.7. The summed E-state index contributed by atoms with van der Waals surface area (Å²) in [5.41, 5.74) is 1.19.